The first-order valence-electron chi connectivity index (χ1n) is 9.09. The van der Waals surface area contributed by atoms with E-state index >= 15 is 0 Å². The van der Waals surface area contributed by atoms with Crippen LogP contribution in [0.15, 0.2) is 54.6 Å². The molecular formula is C23H14O10. The van der Waals surface area contributed by atoms with E-state index in [-0.39, 0.29) is 50.1 Å². The predicted octanol–water partition coefficient (Wildman–Crippen LogP) is 3.51. The van der Waals surface area contributed by atoms with Crippen LogP contribution in [0.4, 0.5) is 0 Å². The Morgan fingerprint density at radius 1 is 0.424 bits per heavy atom. The fourth-order valence-corrected chi connectivity index (χ4v) is 3.22. The minimum absolute atomic E-state index is 0.0182. The monoisotopic (exact) mass is 450 g/mol. The third-order valence-corrected chi connectivity index (χ3v) is 4.75. The maximum atomic E-state index is 11.9. The highest BCUT2D eigenvalue weighted by atomic mass is 16.4. The SMILES string of the molecule is O=C(O)c1cc(C(=O)O)cc(-c2ccc(-c3cc(C(=O)O)cc(C(=O)O)c3)c(C(=O)O)c2)c1. The summed E-state index contributed by atoms with van der Waals surface area (Å²) >= 11 is 0. The van der Waals surface area contributed by atoms with Gasteiger partial charge in [-0.15, -0.1) is 0 Å². The van der Waals surface area contributed by atoms with Crippen molar-refractivity contribution in [2.45, 2.75) is 0 Å². The first-order chi connectivity index (χ1) is 15.5. The number of rotatable bonds is 7. The molecule has 0 heterocycles. The molecule has 5 N–H and O–H groups in total. The highest BCUT2D eigenvalue weighted by Gasteiger charge is 2.19. The smallest absolute Gasteiger partial charge is 0.336 e. The molecule has 10 heteroatoms. The van der Waals surface area contributed by atoms with Crippen molar-refractivity contribution in [1.29, 1.82) is 0 Å². The quantitative estimate of drug-likeness (QED) is 0.356. The van der Waals surface area contributed by atoms with Crippen molar-refractivity contribution < 1.29 is 49.5 Å². The predicted molar refractivity (Wildman–Crippen MR) is 112 cm³/mol. The van der Waals surface area contributed by atoms with Gasteiger partial charge in [-0.3, -0.25) is 0 Å². The lowest BCUT2D eigenvalue weighted by Crippen LogP contribution is -2.06. The molecular weight excluding hydrogens is 436 g/mol. The fourth-order valence-electron chi connectivity index (χ4n) is 3.22. The van der Waals surface area contributed by atoms with Crippen molar-refractivity contribution in [3.05, 3.63) is 82.4 Å². The van der Waals surface area contributed by atoms with Crippen LogP contribution in [0.5, 0.6) is 0 Å². The highest BCUT2D eigenvalue weighted by Crippen LogP contribution is 2.31. The Bertz CT molecular complexity index is 1290. The summed E-state index contributed by atoms with van der Waals surface area (Å²) in [7, 11) is 0. The number of carboxylic acid groups (broad SMARTS) is 5. The minimum Gasteiger partial charge on any atom is -0.478 e. The maximum absolute atomic E-state index is 11.9. The topological polar surface area (TPSA) is 186 Å². The van der Waals surface area contributed by atoms with E-state index in [1.54, 1.807) is 0 Å². The molecule has 0 aliphatic carbocycles. The molecule has 0 unspecified atom stereocenters. The highest BCUT2D eigenvalue weighted by molar-refractivity contribution is 6.02. The van der Waals surface area contributed by atoms with Gasteiger partial charge in [-0.25, -0.2) is 24.0 Å². The Morgan fingerprint density at radius 3 is 1.18 bits per heavy atom. The zero-order valence-corrected chi connectivity index (χ0v) is 16.5. The van der Waals surface area contributed by atoms with Gasteiger partial charge in [0, 0.05) is 0 Å². The molecule has 33 heavy (non-hydrogen) atoms. The van der Waals surface area contributed by atoms with Gasteiger partial charge < -0.3 is 25.5 Å². The molecule has 10 nitrogen and oxygen atoms in total. The van der Waals surface area contributed by atoms with E-state index in [0.717, 1.165) is 30.3 Å². The molecule has 0 saturated heterocycles. The zero-order chi connectivity index (χ0) is 24.4. The van der Waals surface area contributed by atoms with E-state index in [1.165, 1.54) is 24.3 Å². The summed E-state index contributed by atoms with van der Waals surface area (Å²) < 4.78 is 0. The van der Waals surface area contributed by atoms with Crippen LogP contribution in [0.25, 0.3) is 22.3 Å². The molecule has 0 amide bonds. The molecule has 0 aromatic heterocycles. The second-order valence-electron chi connectivity index (χ2n) is 6.88. The summed E-state index contributed by atoms with van der Waals surface area (Å²) in [6.45, 7) is 0. The molecule has 0 radical (unpaired) electrons. The minimum atomic E-state index is -1.42. The van der Waals surface area contributed by atoms with E-state index in [9.17, 15) is 49.5 Å². The molecule has 0 spiro atoms. The molecule has 0 aliphatic rings. The standard InChI is InChI=1S/C23H14O10/c24-19(25)13-3-11(4-14(7-13)20(26)27)10-1-2-17(18(9-10)23(32)33)12-5-15(21(28)29)8-16(6-12)22(30)31/h1-9H,(H,24,25)(H,26,27)(H,28,29)(H,30,31)(H,32,33). The average Bonchev–Trinajstić information content (AvgIpc) is 2.77. The van der Waals surface area contributed by atoms with Gasteiger partial charge in [-0.05, 0) is 64.7 Å². The van der Waals surface area contributed by atoms with E-state index in [4.69, 9.17) is 0 Å². The molecule has 3 rings (SSSR count). The fraction of sp³-hybridized carbons (Fsp3) is 0. The van der Waals surface area contributed by atoms with Crippen molar-refractivity contribution >= 4 is 29.8 Å². The summed E-state index contributed by atoms with van der Waals surface area (Å²) in [6, 6.07) is 10.4. The van der Waals surface area contributed by atoms with Crippen LogP contribution in [0.2, 0.25) is 0 Å². The number of carbonyl (C=O) groups is 5. The van der Waals surface area contributed by atoms with Gasteiger partial charge in [0.05, 0.1) is 27.8 Å². The van der Waals surface area contributed by atoms with Gasteiger partial charge in [-0.2, -0.15) is 0 Å². The Hall–Kier alpha value is -4.99. The van der Waals surface area contributed by atoms with Crippen LogP contribution >= 0.6 is 0 Å². The molecule has 0 atom stereocenters. The number of hydrogen-bond acceptors (Lipinski definition) is 5. The van der Waals surface area contributed by atoms with Crippen molar-refractivity contribution in [1.82, 2.24) is 0 Å². The van der Waals surface area contributed by atoms with Crippen molar-refractivity contribution in [2.75, 3.05) is 0 Å². The first-order valence-corrected chi connectivity index (χ1v) is 9.09. The van der Waals surface area contributed by atoms with Crippen LogP contribution < -0.4 is 0 Å². The van der Waals surface area contributed by atoms with Gasteiger partial charge in [0.15, 0.2) is 0 Å². The molecule has 0 fully saturated rings. The van der Waals surface area contributed by atoms with Gasteiger partial charge in [-0.1, -0.05) is 12.1 Å². The van der Waals surface area contributed by atoms with Crippen LogP contribution in [0, 0.1) is 0 Å². The van der Waals surface area contributed by atoms with Crippen LogP contribution in [0.3, 0.4) is 0 Å². The molecule has 3 aromatic rings. The van der Waals surface area contributed by atoms with Crippen molar-refractivity contribution in [3.8, 4) is 22.3 Å². The summed E-state index contributed by atoms with van der Waals surface area (Å²) in [6.07, 6.45) is 0. The van der Waals surface area contributed by atoms with Gasteiger partial charge >= 0.3 is 29.8 Å². The van der Waals surface area contributed by atoms with Crippen LogP contribution in [0.1, 0.15) is 51.8 Å². The lowest BCUT2D eigenvalue weighted by atomic mass is 9.92. The maximum Gasteiger partial charge on any atom is 0.336 e. The lowest BCUT2D eigenvalue weighted by Gasteiger charge is -2.12. The number of hydrogen-bond donors (Lipinski definition) is 5. The Labute approximate surface area is 184 Å². The van der Waals surface area contributed by atoms with Gasteiger partial charge in [0.2, 0.25) is 0 Å². The van der Waals surface area contributed by atoms with E-state index in [1.807, 2.05) is 0 Å². The second-order valence-corrected chi connectivity index (χ2v) is 6.88. The zero-order valence-electron chi connectivity index (χ0n) is 16.5. The van der Waals surface area contributed by atoms with E-state index in [2.05, 4.69) is 0 Å². The molecule has 0 bridgehead atoms. The molecule has 0 saturated carbocycles. The number of carboxylic acids is 5. The molecule has 166 valence electrons. The van der Waals surface area contributed by atoms with E-state index < -0.39 is 29.8 Å². The first kappa shape index (κ1) is 22.7. The Kier molecular flexibility index (Phi) is 5.93. The van der Waals surface area contributed by atoms with Gasteiger partial charge in [0.25, 0.3) is 0 Å². The van der Waals surface area contributed by atoms with E-state index in [0.29, 0.717) is 0 Å². The average molecular weight is 450 g/mol. The lowest BCUT2D eigenvalue weighted by molar-refractivity contribution is 0.0676. The summed E-state index contributed by atoms with van der Waals surface area (Å²) in [5, 5.41) is 46.8. The van der Waals surface area contributed by atoms with Crippen molar-refractivity contribution in [2.24, 2.45) is 0 Å². The number of benzene rings is 3. The Balaban J connectivity index is 2.24. The van der Waals surface area contributed by atoms with Crippen LogP contribution in [-0.4, -0.2) is 55.4 Å². The Morgan fingerprint density at radius 2 is 0.818 bits per heavy atom. The number of aromatic carboxylic acids is 5. The summed E-state index contributed by atoms with van der Waals surface area (Å²) in [5.41, 5.74) is -1.30. The molecule has 3 aromatic carbocycles. The largest absolute Gasteiger partial charge is 0.478 e. The van der Waals surface area contributed by atoms with Crippen molar-refractivity contribution in [3.63, 3.8) is 0 Å². The third kappa shape index (κ3) is 4.69. The summed E-state index contributed by atoms with van der Waals surface area (Å²) in [5.74, 6) is -6.97. The van der Waals surface area contributed by atoms with Gasteiger partial charge in [0.1, 0.15) is 0 Å². The second kappa shape index (κ2) is 8.63. The molecule has 0 aliphatic heterocycles. The van der Waals surface area contributed by atoms with Crippen LogP contribution in [-0.2, 0) is 0 Å². The third-order valence-electron chi connectivity index (χ3n) is 4.75. The normalized spacial score (nSPS) is 10.4. The summed E-state index contributed by atoms with van der Waals surface area (Å²) in [4.78, 5) is 57.4.